The van der Waals surface area contributed by atoms with Crippen LogP contribution in [0.15, 0.2) is 24.3 Å². The van der Waals surface area contributed by atoms with E-state index >= 15 is 0 Å². The van der Waals surface area contributed by atoms with Crippen LogP contribution in [0.25, 0.3) is 0 Å². The smallest absolute Gasteiger partial charge is 0.0342 e. The van der Waals surface area contributed by atoms with Crippen LogP contribution in [0, 0.1) is 0 Å². The van der Waals surface area contributed by atoms with E-state index in [4.69, 9.17) is 0 Å². The number of piperidine rings is 1. The Kier molecular flexibility index (Phi) is 3.83. The summed E-state index contributed by atoms with van der Waals surface area (Å²) in [7, 11) is 0. The van der Waals surface area contributed by atoms with E-state index in [0.717, 1.165) is 6.54 Å². The number of anilines is 1. The van der Waals surface area contributed by atoms with Crippen LogP contribution in [0.4, 0.5) is 5.69 Å². The molecule has 1 saturated heterocycles. The average molecular weight is 218 g/mol. The number of benzene rings is 1. The first kappa shape index (κ1) is 11.5. The molecule has 0 radical (unpaired) electrons. The fourth-order valence-electron chi connectivity index (χ4n) is 2.32. The molecule has 0 aliphatic carbocycles. The third-order valence-electron chi connectivity index (χ3n) is 3.13. The van der Waals surface area contributed by atoms with Crippen molar-refractivity contribution in [2.24, 2.45) is 0 Å². The predicted molar refractivity (Wildman–Crippen MR) is 70.0 cm³/mol. The van der Waals surface area contributed by atoms with Gasteiger partial charge in [0.2, 0.25) is 0 Å². The van der Waals surface area contributed by atoms with E-state index in [1.165, 1.54) is 30.6 Å². The Balaban J connectivity index is 2.00. The molecule has 88 valence electrons. The highest BCUT2D eigenvalue weighted by Crippen LogP contribution is 2.24. The van der Waals surface area contributed by atoms with Gasteiger partial charge in [-0.3, -0.25) is 0 Å². The maximum atomic E-state index is 3.46. The van der Waals surface area contributed by atoms with Gasteiger partial charge in [0, 0.05) is 18.3 Å². The molecule has 2 nitrogen and oxygen atoms in total. The number of rotatable bonds is 3. The molecular weight excluding hydrogens is 196 g/mol. The molecule has 16 heavy (non-hydrogen) atoms. The Bertz CT molecular complexity index is 310. The first-order chi connectivity index (χ1) is 7.75. The summed E-state index contributed by atoms with van der Waals surface area (Å²) in [6.45, 7) is 6.65. The van der Waals surface area contributed by atoms with Crippen molar-refractivity contribution in [3.63, 3.8) is 0 Å². The van der Waals surface area contributed by atoms with E-state index < -0.39 is 0 Å². The van der Waals surface area contributed by atoms with E-state index in [9.17, 15) is 0 Å². The Morgan fingerprint density at radius 1 is 1.25 bits per heavy atom. The lowest BCUT2D eigenvalue weighted by molar-refractivity contribution is 0.461. The van der Waals surface area contributed by atoms with Crippen molar-refractivity contribution < 1.29 is 0 Å². The molecule has 0 aromatic heterocycles. The van der Waals surface area contributed by atoms with Gasteiger partial charge in [0.15, 0.2) is 0 Å². The van der Waals surface area contributed by atoms with Crippen LogP contribution in [0.1, 0.15) is 38.2 Å². The van der Waals surface area contributed by atoms with Crippen molar-refractivity contribution >= 4 is 5.69 Å². The first-order valence-electron chi connectivity index (χ1n) is 6.33. The van der Waals surface area contributed by atoms with Crippen molar-refractivity contribution in [2.75, 3.05) is 18.4 Å². The van der Waals surface area contributed by atoms with Gasteiger partial charge < -0.3 is 10.6 Å². The molecule has 1 aliphatic heterocycles. The zero-order chi connectivity index (χ0) is 11.4. The second kappa shape index (κ2) is 5.35. The van der Waals surface area contributed by atoms with Crippen LogP contribution in [-0.4, -0.2) is 19.1 Å². The first-order valence-corrected chi connectivity index (χ1v) is 6.33. The highest BCUT2D eigenvalue weighted by atomic mass is 14.9. The van der Waals surface area contributed by atoms with Gasteiger partial charge in [-0.15, -0.1) is 0 Å². The van der Waals surface area contributed by atoms with E-state index in [1.807, 2.05) is 0 Å². The Morgan fingerprint density at radius 3 is 2.56 bits per heavy atom. The summed E-state index contributed by atoms with van der Waals surface area (Å²) in [5.74, 6) is 0.710. The zero-order valence-electron chi connectivity index (χ0n) is 10.3. The molecule has 0 amide bonds. The van der Waals surface area contributed by atoms with E-state index in [0.29, 0.717) is 12.0 Å². The van der Waals surface area contributed by atoms with E-state index in [-0.39, 0.29) is 0 Å². The highest BCUT2D eigenvalue weighted by molar-refractivity contribution is 5.45. The third kappa shape index (κ3) is 2.99. The van der Waals surface area contributed by atoms with Crippen LogP contribution < -0.4 is 10.6 Å². The third-order valence-corrected chi connectivity index (χ3v) is 3.13. The van der Waals surface area contributed by atoms with Gasteiger partial charge in [0.25, 0.3) is 0 Å². The monoisotopic (exact) mass is 218 g/mol. The molecular formula is C14H22N2. The summed E-state index contributed by atoms with van der Waals surface area (Å²) in [4.78, 5) is 0. The molecule has 0 bridgehead atoms. The quantitative estimate of drug-likeness (QED) is 0.815. The van der Waals surface area contributed by atoms with Crippen molar-refractivity contribution in [3.05, 3.63) is 29.8 Å². The van der Waals surface area contributed by atoms with Gasteiger partial charge in [0.1, 0.15) is 0 Å². The number of hydrogen-bond acceptors (Lipinski definition) is 2. The Labute approximate surface area is 98.4 Å². The molecule has 1 fully saturated rings. The maximum Gasteiger partial charge on any atom is 0.0342 e. The zero-order valence-corrected chi connectivity index (χ0v) is 10.3. The van der Waals surface area contributed by atoms with Gasteiger partial charge >= 0.3 is 0 Å². The van der Waals surface area contributed by atoms with Gasteiger partial charge in [-0.1, -0.05) is 12.1 Å². The standard InChI is InChI=1S/C14H22N2/c1-11(2)16-14-7-5-12(6-8-14)13-4-3-9-15-10-13/h5-8,11,13,15-16H,3-4,9-10H2,1-2H3/t13-/m1/s1. The van der Waals surface area contributed by atoms with Crippen LogP contribution in [0.3, 0.4) is 0 Å². The molecule has 2 heteroatoms. The number of hydrogen-bond donors (Lipinski definition) is 2. The topological polar surface area (TPSA) is 24.1 Å². The molecule has 1 heterocycles. The minimum absolute atomic E-state index is 0.502. The summed E-state index contributed by atoms with van der Waals surface area (Å²) >= 11 is 0. The van der Waals surface area contributed by atoms with Crippen LogP contribution in [0.2, 0.25) is 0 Å². The SMILES string of the molecule is CC(C)Nc1ccc([C@@H]2CCCNC2)cc1. The van der Waals surface area contributed by atoms with E-state index in [2.05, 4.69) is 48.7 Å². The molecule has 1 aliphatic rings. The summed E-state index contributed by atoms with van der Waals surface area (Å²) in [6, 6.07) is 9.43. The molecule has 2 rings (SSSR count). The second-order valence-electron chi connectivity index (χ2n) is 4.96. The molecule has 0 saturated carbocycles. The largest absolute Gasteiger partial charge is 0.383 e. The lowest BCUT2D eigenvalue weighted by Crippen LogP contribution is -2.28. The molecule has 0 unspecified atom stereocenters. The van der Waals surface area contributed by atoms with Crippen LogP contribution in [0.5, 0.6) is 0 Å². The molecule has 1 aromatic rings. The van der Waals surface area contributed by atoms with Crippen molar-refractivity contribution in [1.82, 2.24) is 5.32 Å². The summed E-state index contributed by atoms with van der Waals surface area (Å²) in [5, 5.41) is 6.88. The predicted octanol–water partition coefficient (Wildman–Crippen LogP) is 2.97. The maximum absolute atomic E-state index is 3.46. The van der Waals surface area contributed by atoms with Crippen molar-refractivity contribution in [1.29, 1.82) is 0 Å². The molecule has 0 spiro atoms. The van der Waals surface area contributed by atoms with Gasteiger partial charge in [-0.25, -0.2) is 0 Å². The fourth-order valence-corrected chi connectivity index (χ4v) is 2.32. The van der Waals surface area contributed by atoms with Gasteiger partial charge in [-0.05, 0) is 56.8 Å². The van der Waals surface area contributed by atoms with Crippen molar-refractivity contribution in [2.45, 2.75) is 38.6 Å². The molecule has 2 N–H and O–H groups in total. The summed E-state index contributed by atoms with van der Waals surface area (Å²) in [6.07, 6.45) is 2.63. The van der Waals surface area contributed by atoms with Gasteiger partial charge in [-0.2, -0.15) is 0 Å². The molecule has 1 atom stereocenters. The minimum atomic E-state index is 0.502. The fraction of sp³-hybridized carbons (Fsp3) is 0.571. The Hall–Kier alpha value is -1.02. The van der Waals surface area contributed by atoms with Crippen LogP contribution >= 0.6 is 0 Å². The number of nitrogens with one attached hydrogen (secondary N) is 2. The average Bonchev–Trinajstić information content (AvgIpc) is 2.30. The lowest BCUT2D eigenvalue weighted by atomic mass is 9.91. The normalized spacial score (nSPS) is 21.1. The second-order valence-corrected chi connectivity index (χ2v) is 4.96. The van der Waals surface area contributed by atoms with Crippen LogP contribution in [-0.2, 0) is 0 Å². The van der Waals surface area contributed by atoms with Crippen molar-refractivity contribution in [3.8, 4) is 0 Å². The lowest BCUT2D eigenvalue weighted by Gasteiger charge is -2.23. The Morgan fingerprint density at radius 2 is 2.00 bits per heavy atom. The molecule has 1 aromatic carbocycles. The summed E-state index contributed by atoms with van der Waals surface area (Å²) < 4.78 is 0. The highest BCUT2D eigenvalue weighted by Gasteiger charge is 2.14. The van der Waals surface area contributed by atoms with Gasteiger partial charge in [0.05, 0.1) is 0 Å². The minimum Gasteiger partial charge on any atom is -0.383 e. The van der Waals surface area contributed by atoms with E-state index in [1.54, 1.807) is 0 Å². The summed E-state index contributed by atoms with van der Waals surface area (Å²) in [5.41, 5.74) is 2.70.